The summed E-state index contributed by atoms with van der Waals surface area (Å²) in [6, 6.07) is 8.93. The third-order valence-corrected chi connectivity index (χ3v) is 3.96. The molecule has 1 fully saturated rings. The maximum absolute atomic E-state index is 12.9. The van der Waals surface area contributed by atoms with Crippen LogP contribution in [-0.2, 0) is 11.0 Å². The molecule has 1 aliphatic heterocycles. The fourth-order valence-electron chi connectivity index (χ4n) is 2.50. The van der Waals surface area contributed by atoms with Crippen molar-refractivity contribution in [2.75, 3.05) is 26.8 Å². The molecule has 1 aliphatic rings. The van der Waals surface area contributed by atoms with Crippen molar-refractivity contribution in [2.24, 2.45) is 0 Å². The number of likely N-dealkylation sites (tertiary alicyclic amines) is 1. The lowest BCUT2D eigenvalue weighted by atomic mass is 10.1. The van der Waals surface area contributed by atoms with Gasteiger partial charge in [0.1, 0.15) is 23.2 Å². The predicted molar refractivity (Wildman–Crippen MR) is 88.7 cm³/mol. The lowest BCUT2D eigenvalue weighted by molar-refractivity contribution is -0.146. The lowest BCUT2D eigenvalue weighted by Crippen LogP contribution is -2.57. The van der Waals surface area contributed by atoms with Crippen molar-refractivity contribution in [3.8, 4) is 17.4 Å². The number of alkyl halides is 3. The molecule has 1 aromatic heterocycles. The van der Waals surface area contributed by atoms with E-state index in [-0.39, 0.29) is 25.6 Å². The fraction of sp³-hybridized carbons (Fsp3) is 0.333. The molecule has 1 saturated heterocycles. The molecule has 3 rings (SSSR count). The van der Waals surface area contributed by atoms with Crippen molar-refractivity contribution in [1.82, 2.24) is 9.88 Å². The van der Waals surface area contributed by atoms with Crippen LogP contribution in [0, 0.1) is 0 Å². The number of amides is 1. The quantitative estimate of drug-likeness (QED) is 0.769. The molecule has 0 unspecified atom stereocenters. The van der Waals surface area contributed by atoms with E-state index in [2.05, 4.69) is 4.98 Å². The third-order valence-electron chi connectivity index (χ3n) is 3.96. The highest BCUT2D eigenvalue weighted by atomic mass is 19.4. The summed E-state index contributed by atoms with van der Waals surface area (Å²) in [5.41, 5.74) is -0.934. The fourth-order valence-corrected chi connectivity index (χ4v) is 2.50. The van der Waals surface area contributed by atoms with Crippen molar-refractivity contribution in [2.45, 2.75) is 12.3 Å². The number of nitrogens with zero attached hydrogens (tertiary/aromatic N) is 2. The first-order valence-electron chi connectivity index (χ1n) is 8.10. The molecular formula is C18H17F3N2O4. The monoisotopic (exact) mass is 382 g/mol. The molecule has 0 aliphatic carbocycles. The number of benzene rings is 1. The maximum Gasteiger partial charge on any atom is 0.421 e. The number of carbonyl (C=O) groups excluding carboxylic acids is 1. The molecule has 2 heterocycles. The Morgan fingerprint density at radius 1 is 1.22 bits per heavy atom. The van der Waals surface area contributed by atoms with Gasteiger partial charge in [-0.05, 0) is 24.3 Å². The van der Waals surface area contributed by atoms with Crippen LogP contribution in [0.1, 0.15) is 5.56 Å². The molecule has 0 radical (unpaired) electrons. The van der Waals surface area contributed by atoms with Crippen LogP contribution in [-0.4, -0.2) is 48.7 Å². The molecule has 2 aromatic rings. The highest BCUT2D eigenvalue weighted by molar-refractivity contribution is 5.78. The zero-order chi connectivity index (χ0) is 19.4. The molecule has 0 atom stereocenters. The lowest BCUT2D eigenvalue weighted by Gasteiger charge is -2.38. The zero-order valence-electron chi connectivity index (χ0n) is 14.4. The first-order valence-corrected chi connectivity index (χ1v) is 8.10. The molecule has 144 valence electrons. The minimum atomic E-state index is -4.55. The van der Waals surface area contributed by atoms with Gasteiger partial charge in [-0.15, -0.1) is 0 Å². The summed E-state index contributed by atoms with van der Waals surface area (Å²) in [6.07, 6.45) is -3.86. The van der Waals surface area contributed by atoms with Crippen LogP contribution >= 0.6 is 0 Å². The number of halogens is 3. The first kappa shape index (κ1) is 18.8. The average Bonchev–Trinajstić information content (AvgIpc) is 2.62. The van der Waals surface area contributed by atoms with E-state index >= 15 is 0 Å². The molecule has 27 heavy (non-hydrogen) atoms. The number of rotatable bonds is 6. The maximum atomic E-state index is 12.9. The van der Waals surface area contributed by atoms with E-state index in [1.54, 1.807) is 24.3 Å². The summed E-state index contributed by atoms with van der Waals surface area (Å²) >= 11 is 0. The summed E-state index contributed by atoms with van der Waals surface area (Å²) in [7, 11) is 1.52. The SMILES string of the molecule is COc1cccc(OCC(=O)N2CC(Oc3ncccc3C(F)(F)F)C2)c1. The van der Waals surface area contributed by atoms with Crippen LogP contribution in [0.4, 0.5) is 13.2 Å². The van der Waals surface area contributed by atoms with Gasteiger partial charge in [-0.25, -0.2) is 4.98 Å². The van der Waals surface area contributed by atoms with E-state index in [1.165, 1.54) is 24.3 Å². The Hall–Kier alpha value is -2.97. The van der Waals surface area contributed by atoms with Gasteiger partial charge in [-0.3, -0.25) is 4.79 Å². The Labute approximate surface area is 153 Å². The van der Waals surface area contributed by atoms with E-state index < -0.39 is 23.7 Å². The smallest absolute Gasteiger partial charge is 0.421 e. The number of methoxy groups -OCH3 is 1. The summed E-state index contributed by atoms with van der Waals surface area (Å²) < 4.78 is 54.6. The van der Waals surface area contributed by atoms with Crippen LogP contribution in [0.15, 0.2) is 42.6 Å². The van der Waals surface area contributed by atoms with Crippen molar-refractivity contribution < 1.29 is 32.2 Å². The Kier molecular flexibility index (Phi) is 5.38. The summed E-state index contributed by atoms with van der Waals surface area (Å²) in [5, 5.41) is 0. The van der Waals surface area contributed by atoms with Crippen LogP contribution in [0.2, 0.25) is 0 Å². The van der Waals surface area contributed by atoms with Gasteiger partial charge in [0.2, 0.25) is 5.88 Å². The highest BCUT2D eigenvalue weighted by Crippen LogP contribution is 2.35. The van der Waals surface area contributed by atoms with E-state index in [9.17, 15) is 18.0 Å². The summed E-state index contributed by atoms with van der Waals surface area (Å²) in [4.78, 5) is 17.2. The molecule has 0 N–H and O–H groups in total. The molecule has 0 saturated carbocycles. The molecular weight excluding hydrogens is 365 g/mol. The highest BCUT2D eigenvalue weighted by Gasteiger charge is 2.38. The number of hydrogen-bond donors (Lipinski definition) is 0. The minimum absolute atomic E-state index is 0.175. The largest absolute Gasteiger partial charge is 0.497 e. The van der Waals surface area contributed by atoms with Crippen LogP contribution in [0.5, 0.6) is 17.4 Å². The van der Waals surface area contributed by atoms with Gasteiger partial charge < -0.3 is 19.1 Å². The van der Waals surface area contributed by atoms with Crippen LogP contribution in [0.25, 0.3) is 0 Å². The summed E-state index contributed by atoms with van der Waals surface area (Å²) in [5.74, 6) is 0.331. The predicted octanol–water partition coefficient (Wildman–Crippen LogP) is 2.78. The van der Waals surface area contributed by atoms with Gasteiger partial charge >= 0.3 is 6.18 Å². The topological polar surface area (TPSA) is 60.9 Å². The third kappa shape index (κ3) is 4.60. The standard InChI is InChI=1S/C18H17F3N2O4/c1-25-12-4-2-5-13(8-12)26-11-16(24)23-9-14(10-23)27-17-15(18(19,20)21)6-3-7-22-17/h2-8,14H,9-11H2,1H3. The van der Waals surface area contributed by atoms with Gasteiger partial charge in [-0.1, -0.05) is 6.07 Å². The molecule has 0 spiro atoms. The molecule has 0 bridgehead atoms. The van der Waals surface area contributed by atoms with Crippen molar-refractivity contribution in [3.63, 3.8) is 0 Å². The second-order valence-corrected chi connectivity index (χ2v) is 5.86. The van der Waals surface area contributed by atoms with Gasteiger partial charge in [0.15, 0.2) is 6.61 Å². The van der Waals surface area contributed by atoms with Crippen molar-refractivity contribution >= 4 is 5.91 Å². The van der Waals surface area contributed by atoms with Crippen LogP contribution in [0.3, 0.4) is 0 Å². The van der Waals surface area contributed by atoms with Crippen LogP contribution < -0.4 is 14.2 Å². The first-order chi connectivity index (χ1) is 12.9. The Morgan fingerprint density at radius 3 is 2.67 bits per heavy atom. The van der Waals surface area contributed by atoms with Crippen molar-refractivity contribution in [1.29, 1.82) is 0 Å². The minimum Gasteiger partial charge on any atom is -0.497 e. The number of aromatic nitrogens is 1. The van der Waals surface area contributed by atoms with Gasteiger partial charge in [0.05, 0.1) is 20.2 Å². The summed E-state index contributed by atoms with van der Waals surface area (Å²) in [6.45, 7) is 0.166. The molecule has 1 aromatic carbocycles. The van der Waals surface area contributed by atoms with Gasteiger partial charge in [0.25, 0.3) is 5.91 Å². The Bertz CT molecular complexity index is 807. The van der Waals surface area contributed by atoms with E-state index in [0.717, 1.165) is 6.07 Å². The van der Waals surface area contributed by atoms with E-state index in [1.807, 2.05) is 0 Å². The number of ether oxygens (including phenoxy) is 3. The number of carbonyl (C=O) groups is 1. The van der Waals surface area contributed by atoms with E-state index in [0.29, 0.717) is 11.5 Å². The molecule has 9 heteroatoms. The van der Waals surface area contributed by atoms with Gasteiger partial charge in [-0.2, -0.15) is 13.2 Å². The number of pyridine rings is 1. The molecule has 6 nitrogen and oxygen atoms in total. The van der Waals surface area contributed by atoms with E-state index in [4.69, 9.17) is 14.2 Å². The Balaban J connectivity index is 1.49. The van der Waals surface area contributed by atoms with Gasteiger partial charge in [0, 0.05) is 12.3 Å². The molecule has 1 amide bonds. The normalized spacial score (nSPS) is 14.4. The second-order valence-electron chi connectivity index (χ2n) is 5.86. The van der Waals surface area contributed by atoms with Crippen molar-refractivity contribution in [3.05, 3.63) is 48.2 Å². The number of hydrogen-bond acceptors (Lipinski definition) is 5. The zero-order valence-corrected chi connectivity index (χ0v) is 14.4. The Morgan fingerprint density at radius 2 is 1.96 bits per heavy atom. The average molecular weight is 382 g/mol. The second kappa shape index (κ2) is 7.73.